The zero-order valence-corrected chi connectivity index (χ0v) is 23.7. The maximum absolute atomic E-state index is 13.7. The van der Waals surface area contributed by atoms with E-state index in [1.807, 2.05) is 11.0 Å². The first kappa shape index (κ1) is 25.8. The number of nitrogens with zero attached hydrogens (tertiary/aromatic N) is 1. The van der Waals surface area contributed by atoms with E-state index in [4.69, 9.17) is 27.6 Å². The third-order valence-electron chi connectivity index (χ3n) is 6.98. The highest BCUT2D eigenvalue weighted by Gasteiger charge is 2.41. The molecule has 32 heavy (non-hydrogen) atoms. The van der Waals surface area contributed by atoms with Crippen LogP contribution in [0.25, 0.3) is 0 Å². The normalized spacial score (nSPS) is 19.1. The lowest BCUT2D eigenvalue weighted by molar-refractivity contribution is -0.137. The predicted molar refractivity (Wildman–Crippen MR) is 140 cm³/mol. The Hall–Kier alpha value is -0.853. The Labute approximate surface area is 211 Å². The van der Waals surface area contributed by atoms with Crippen molar-refractivity contribution < 1.29 is 9.22 Å². The summed E-state index contributed by atoms with van der Waals surface area (Å²) < 4.78 is 7.68. The highest BCUT2D eigenvalue weighted by atomic mass is 79.9. The molecule has 1 heterocycles. The molecule has 0 saturated heterocycles. The van der Waals surface area contributed by atoms with E-state index in [-0.39, 0.29) is 29.4 Å². The molecule has 0 N–H and O–H groups in total. The maximum atomic E-state index is 13.7. The minimum atomic E-state index is -1.96. The number of rotatable bonds is 5. The largest absolute Gasteiger partial charge is 0.415 e. The summed E-state index contributed by atoms with van der Waals surface area (Å²) in [5.74, 6) is 0.0157. The van der Waals surface area contributed by atoms with Gasteiger partial charge in [-0.1, -0.05) is 78.1 Å². The summed E-state index contributed by atoms with van der Waals surface area (Å²) in [4.78, 5) is 15.6. The Morgan fingerprint density at radius 3 is 2.34 bits per heavy atom. The fourth-order valence-electron chi connectivity index (χ4n) is 4.01. The van der Waals surface area contributed by atoms with Crippen molar-refractivity contribution in [2.45, 2.75) is 70.8 Å². The molecule has 0 radical (unpaired) electrons. The fourth-order valence-corrected chi connectivity index (χ4v) is 6.12. The molecular formula is C25H32BrCl2NO2Si. The van der Waals surface area contributed by atoms with E-state index in [1.54, 1.807) is 18.2 Å². The molecule has 1 aliphatic rings. The summed E-state index contributed by atoms with van der Waals surface area (Å²) in [6.45, 7) is 13.8. The van der Waals surface area contributed by atoms with Crippen LogP contribution in [0.5, 0.6) is 0 Å². The van der Waals surface area contributed by atoms with Crippen molar-refractivity contribution in [1.82, 2.24) is 4.90 Å². The lowest BCUT2D eigenvalue weighted by Gasteiger charge is -2.44. The second-order valence-corrected chi connectivity index (χ2v) is 16.6. The van der Waals surface area contributed by atoms with Gasteiger partial charge in [-0.15, -0.1) is 0 Å². The van der Waals surface area contributed by atoms with E-state index in [0.717, 1.165) is 10.9 Å². The predicted octanol–water partition coefficient (Wildman–Crippen LogP) is 7.83. The van der Waals surface area contributed by atoms with Gasteiger partial charge in [0.05, 0.1) is 25.1 Å². The molecule has 0 bridgehead atoms. The summed E-state index contributed by atoms with van der Waals surface area (Å²) in [6, 6.07) is 11.4. The van der Waals surface area contributed by atoms with Crippen LogP contribution in [-0.2, 0) is 22.1 Å². The van der Waals surface area contributed by atoms with Crippen LogP contribution in [0.4, 0.5) is 0 Å². The molecule has 1 amide bonds. The van der Waals surface area contributed by atoms with Crippen molar-refractivity contribution in [2.75, 3.05) is 6.61 Å². The molecule has 2 aromatic carbocycles. The van der Waals surface area contributed by atoms with Gasteiger partial charge in [0.2, 0.25) is 5.91 Å². The summed E-state index contributed by atoms with van der Waals surface area (Å²) >= 11 is 16.5. The van der Waals surface area contributed by atoms with Crippen LogP contribution in [0.1, 0.15) is 50.4 Å². The van der Waals surface area contributed by atoms with Gasteiger partial charge in [-0.05, 0) is 66.4 Å². The minimum Gasteiger partial charge on any atom is -0.415 e. The molecule has 0 saturated carbocycles. The van der Waals surface area contributed by atoms with E-state index in [9.17, 15) is 4.79 Å². The number of amides is 1. The second kappa shape index (κ2) is 9.79. The van der Waals surface area contributed by atoms with Crippen LogP contribution in [0.2, 0.25) is 28.2 Å². The van der Waals surface area contributed by atoms with Crippen molar-refractivity contribution in [3.8, 4) is 0 Å². The number of benzene rings is 2. The maximum Gasteiger partial charge on any atom is 0.227 e. The molecule has 0 spiro atoms. The summed E-state index contributed by atoms with van der Waals surface area (Å²) in [6.07, 6.45) is 0.917. The molecule has 174 valence electrons. The van der Waals surface area contributed by atoms with Crippen molar-refractivity contribution in [2.24, 2.45) is 0 Å². The van der Waals surface area contributed by atoms with E-state index < -0.39 is 8.32 Å². The van der Waals surface area contributed by atoms with Gasteiger partial charge in [0, 0.05) is 14.5 Å². The summed E-state index contributed by atoms with van der Waals surface area (Å²) in [5, 5.41) is 1.14. The number of hydrogen-bond donors (Lipinski definition) is 0. The Balaban J connectivity index is 1.94. The number of halogens is 3. The van der Waals surface area contributed by atoms with Crippen LogP contribution in [-0.4, -0.2) is 31.8 Å². The van der Waals surface area contributed by atoms with E-state index in [0.29, 0.717) is 22.2 Å². The molecule has 7 heteroatoms. The number of carbonyl (C=O) groups is 1. The summed E-state index contributed by atoms with van der Waals surface area (Å²) in [7, 11) is -1.96. The fraction of sp³-hybridized carbons (Fsp3) is 0.480. The van der Waals surface area contributed by atoms with Gasteiger partial charge in [0.15, 0.2) is 8.32 Å². The smallest absolute Gasteiger partial charge is 0.227 e. The second-order valence-electron chi connectivity index (χ2n) is 10.1. The molecular weight excluding hydrogens is 525 g/mol. The highest BCUT2D eigenvalue weighted by Crippen LogP contribution is 2.40. The first-order valence-electron chi connectivity index (χ1n) is 11.0. The minimum absolute atomic E-state index is 0.0157. The van der Waals surface area contributed by atoms with Crippen LogP contribution >= 0.6 is 39.1 Å². The van der Waals surface area contributed by atoms with Gasteiger partial charge in [-0.2, -0.15) is 0 Å². The third kappa shape index (κ3) is 5.28. The Bertz CT molecular complexity index is 986. The zero-order chi connectivity index (χ0) is 23.8. The van der Waals surface area contributed by atoms with E-state index in [1.165, 1.54) is 11.1 Å². The lowest BCUT2D eigenvalue weighted by atomic mass is 9.88. The van der Waals surface area contributed by atoms with Crippen LogP contribution in [0, 0.1) is 0 Å². The van der Waals surface area contributed by atoms with Gasteiger partial charge in [-0.25, -0.2) is 0 Å². The number of carbonyl (C=O) groups excluding carboxylic acids is 1. The number of fused-ring (bicyclic) bond motifs is 1. The molecule has 2 aromatic rings. The van der Waals surface area contributed by atoms with E-state index in [2.05, 4.69) is 68.9 Å². The van der Waals surface area contributed by atoms with Crippen LogP contribution in [0.3, 0.4) is 0 Å². The average Bonchev–Trinajstić information content (AvgIpc) is 2.69. The first-order valence-corrected chi connectivity index (χ1v) is 15.4. The topological polar surface area (TPSA) is 29.5 Å². The van der Waals surface area contributed by atoms with Crippen molar-refractivity contribution >= 4 is 53.4 Å². The molecule has 0 aliphatic carbocycles. The molecule has 0 aromatic heterocycles. The van der Waals surface area contributed by atoms with E-state index >= 15 is 0 Å². The SMILES string of the molecule is C[C@H]1c2cccc(Br)c2CC(CO[Si](C)(C)C(C)(C)C)N1C(=O)Cc1c(Cl)cccc1Cl. The first-order chi connectivity index (χ1) is 14.8. The van der Waals surface area contributed by atoms with Crippen molar-refractivity contribution in [1.29, 1.82) is 0 Å². The summed E-state index contributed by atoms with van der Waals surface area (Å²) in [5.41, 5.74) is 3.10. The third-order valence-corrected chi connectivity index (χ3v) is 12.9. The van der Waals surface area contributed by atoms with Gasteiger partial charge in [0.25, 0.3) is 0 Å². The molecule has 3 rings (SSSR count). The molecule has 2 atom stereocenters. The standard InChI is InChI=1S/C25H32BrCl2NO2Si/c1-16-18-9-7-10-21(26)19(18)13-17(15-31-32(5,6)25(2,3)4)29(16)24(30)14-20-22(27)11-8-12-23(20)28/h7-12,16-17H,13-15H2,1-6H3/t16-,17?/m0/s1. The lowest BCUT2D eigenvalue weighted by Crippen LogP contribution is -2.52. The monoisotopic (exact) mass is 555 g/mol. The van der Waals surface area contributed by atoms with Crippen molar-refractivity contribution in [3.63, 3.8) is 0 Å². The average molecular weight is 557 g/mol. The Kier molecular flexibility index (Phi) is 7.88. The molecule has 3 nitrogen and oxygen atoms in total. The van der Waals surface area contributed by atoms with Crippen LogP contribution < -0.4 is 0 Å². The number of hydrogen-bond acceptors (Lipinski definition) is 2. The molecule has 1 aliphatic heterocycles. The van der Waals surface area contributed by atoms with Gasteiger partial charge in [-0.3, -0.25) is 4.79 Å². The Morgan fingerprint density at radius 2 is 1.75 bits per heavy atom. The van der Waals surface area contributed by atoms with Gasteiger partial charge in [0.1, 0.15) is 0 Å². The molecule has 1 unspecified atom stereocenters. The quantitative estimate of drug-likeness (QED) is 0.351. The Morgan fingerprint density at radius 1 is 1.16 bits per heavy atom. The zero-order valence-electron chi connectivity index (χ0n) is 19.6. The van der Waals surface area contributed by atoms with Gasteiger partial charge < -0.3 is 9.33 Å². The molecule has 0 fully saturated rings. The highest BCUT2D eigenvalue weighted by molar-refractivity contribution is 9.10. The van der Waals surface area contributed by atoms with Gasteiger partial charge >= 0.3 is 0 Å². The van der Waals surface area contributed by atoms with Crippen LogP contribution in [0.15, 0.2) is 40.9 Å². The van der Waals surface area contributed by atoms with Crippen molar-refractivity contribution in [3.05, 3.63) is 67.6 Å².